The monoisotopic (exact) mass is 307 g/mol. The van der Waals surface area contributed by atoms with E-state index in [0.29, 0.717) is 18.7 Å². The molecule has 1 unspecified atom stereocenters. The molecule has 0 bridgehead atoms. The summed E-state index contributed by atoms with van der Waals surface area (Å²) >= 11 is 5.71. The Hall–Kier alpha value is -0.630. The van der Waals surface area contributed by atoms with Gasteiger partial charge in [0.15, 0.2) is 5.03 Å². The lowest BCUT2D eigenvalue weighted by Crippen LogP contribution is -2.37. The number of alkyl halides is 1. The molecule has 0 radical (unpaired) electrons. The standard InChI is InChI=1S/C11H18ClN3O3S/c1-15(8-10-4-2-3-5-18-10)19(16,17)11-9(6-12)7-13-14-11/h7,10H,2-6,8H2,1H3,(H,13,14). The number of halogens is 1. The first-order chi connectivity index (χ1) is 9.05. The maximum Gasteiger partial charge on any atom is 0.260 e. The third-order valence-corrected chi connectivity index (χ3v) is 5.35. The Morgan fingerprint density at radius 2 is 2.37 bits per heavy atom. The minimum Gasteiger partial charge on any atom is -0.377 e. The van der Waals surface area contributed by atoms with Gasteiger partial charge in [0, 0.05) is 25.8 Å². The summed E-state index contributed by atoms with van der Waals surface area (Å²) in [6.45, 7) is 1.05. The molecule has 1 aromatic heterocycles. The lowest BCUT2D eigenvalue weighted by molar-refractivity contribution is 0.00856. The predicted molar refractivity (Wildman–Crippen MR) is 71.6 cm³/mol. The Labute approximate surface area is 118 Å². The Morgan fingerprint density at radius 1 is 1.58 bits per heavy atom. The molecule has 1 atom stereocenters. The van der Waals surface area contributed by atoms with Crippen molar-refractivity contribution in [3.8, 4) is 0 Å². The number of hydrogen-bond acceptors (Lipinski definition) is 4. The van der Waals surface area contributed by atoms with Crippen LogP contribution in [0.2, 0.25) is 0 Å². The van der Waals surface area contributed by atoms with Gasteiger partial charge in [0.25, 0.3) is 10.0 Å². The van der Waals surface area contributed by atoms with Crippen LogP contribution in [0, 0.1) is 0 Å². The highest BCUT2D eigenvalue weighted by molar-refractivity contribution is 7.89. The topological polar surface area (TPSA) is 75.3 Å². The number of likely N-dealkylation sites (N-methyl/N-ethyl adjacent to an activating group) is 1. The molecule has 0 aliphatic carbocycles. The number of nitrogens with one attached hydrogen (secondary N) is 1. The Morgan fingerprint density at radius 3 is 3.00 bits per heavy atom. The maximum atomic E-state index is 12.4. The van der Waals surface area contributed by atoms with Crippen LogP contribution >= 0.6 is 11.6 Å². The van der Waals surface area contributed by atoms with Crippen LogP contribution in [-0.4, -0.2) is 49.2 Å². The maximum absolute atomic E-state index is 12.4. The fourth-order valence-electron chi connectivity index (χ4n) is 2.11. The molecule has 2 rings (SSSR count). The van der Waals surface area contributed by atoms with E-state index >= 15 is 0 Å². The number of aromatic amines is 1. The molecule has 0 amide bonds. The van der Waals surface area contributed by atoms with Crippen molar-refractivity contribution in [2.24, 2.45) is 0 Å². The molecule has 0 saturated carbocycles. The SMILES string of the molecule is CN(CC1CCCCO1)S(=O)(=O)c1[nH]ncc1CCl. The number of hydrogen-bond donors (Lipinski definition) is 1. The molecular weight excluding hydrogens is 290 g/mol. The van der Waals surface area contributed by atoms with Crippen LogP contribution in [0.1, 0.15) is 24.8 Å². The third kappa shape index (κ3) is 3.28. The molecule has 2 heterocycles. The van der Waals surface area contributed by atoms with E-state index < -0.39 is 10.0 Å². The molecule has 19 heavy (non-hydrogen) atoms. The van der Waals surface area contributed by atoms with Gasteiger partial charge in [-0.1, -0.05) is 0 Å². The van der Waals surface area contributed by atoms with Gasteiger partial charge in [-0.3, -0.25) is 5.10 Å². The van der Waals surface area contributed by atoms with E-state index in [4.69, 9.17) is 16.3 Å². The Kier molecular flexibility index (Phi) is 4.83. The number of rotatable bonds is 5. The molecular formula is C11H18ClN3O3S. The zero-order chi connectivity index (χ0) is 13.9. The van der Waals surface area contributed by atoms with Crippen molar-refractivity contribution >= 4 is 21.6 Å². The first kappa shape index (κ1) is 14.8. The molecule has 1 aliphatic rings. The highest BCUT2D eigenvalue weighted by Crippen LogP contribution is 2.20. The fraction of sp³-hybridized carbons (Fsp3) is 0.727. The molecule has 6 nitrogen and oxygen atoms in total. The molecule has 108 valence electrons. The van der Waals surface area contributed by atoms with Gasteiger partial charge in [0.2, 0.25) is 0 Å². The van der Waals surface area contributed by atoms with Crippen LogP contribution in [0.15, 0.2) is 11.2 Å². The smallest absolute Gasteiger partial charge is 0.260 e. The van der Waals surface area contributed by atoms with Crippen molar-refractivity contribution in [3.63, 3.8) is 0 Å². The van der Waals surface area contributed by atoms with E-state index in [1.165, 1.54) is 10.5 Å². The van der Waals surface area contributed by atoms with E-state index in [1.807, 2.05) is 0 Å². The van der Waals surface area contributed by atoms with Gasteiger partial charge >= 0.3 is 0 Å². The van der Waals surface area contributed by atoms with Gasteiger partial charge in [0.05, 0.1) is 18.2 Å². The van der Waals surface area contributed by atoms with E-state index in [1.54, 1.807) is 7.05 Å². The normalized spacial score (nSPS) is 20.9. The Balaban J connectivity index is 2.10. The summed E-state index contributed by atoms with van der Waals surface area (Å²) in [4.78, 5) is 0. The van der Waals surface area contributed by atoms with Crippen molar-refractivity contribution in [1.82, 2.24) is 14.5 Å². The number of ether oxygens (including phenoxy) is 1. The van der Waals surface area contributed by atoms with Gasteiger partial charge in [0.1, 0.15) is 0 Å². The van der Waals surface area contributed by atoms with Crippen molar-refractivity contribution in [2.75, 3.05) is 20.2 Å². The number of sulfonamides is 1. The van der Waals surface area contributed by atoms with Crippen LogP contribution in [-0.2, 0) is 20.6 Å². The fourth-order valence-corrected chi connectivity index (χ4v) is 3.69. The minimum atomic E-state index is -3.59. The molecule has 1 aliphatic heterocycles. The lowest BCUT2D eigenvalue weighted by Gasteiger charge is -2.26. The zero-order valence-electron chi connectivity index (χ0n) is 10.8. The summed E-state index contributed by atoms with van der Waals surface area (Å²) in [6.07, 6.45) is 4.42. The number of nitrogens with zero attached hydrogens (tertiary/aromatic N) is 2. The second-order valence-corrected chi connectivity index (χ2v) is 6.88. The Bertz CT molecular complexity index is 511. The molecule has 0 aromatic carbocycles. The second kappa shape index (κ2) is 6.21. The zero-order valence-corrected chi connectivity index (χ0v) is 12.4. The van der Waals surface area contributed by atoms with Crippen molar-refractivity contribution < 1.29 is 13.2 Å². The quantitative estimate of drug-likeness (QED) is 0.833. The molecule has 8 heteroatoms. The molecule has 1 saturated heterocycles. The van der Waals surface area contributed by atoms with Crippen LogP contribution in [0.5, 0.6) is 0 Å². The van der Waals surface area contributed by atoms with Crippen molar-refractivity contribution in [2.45, 2.75) is 36.3 Å². The van der Waals surface area contributed by atoms with Crippen molar-refractivity contribution in [1.29, 1.82) is 0 Å². The van der Waals surface area contributed by atoms with Gasteiger partial charge in [-0.2, -0.15) is 9.40 Å². The number of aromatic nitrogens is 2. The van der Waals surface area contributed by atoms with E-state index in [2.05, 4.69) is 10.2 Å². The van der Waals surface area contributed by atoms with Crippen LogP contribution in [0.4, 0.5) is 0 Å². The van der Waals surface area contributed by atoms with E-state index in [9.17, 15) is 8.42 Å². The molecule has 1 aromatic rings. The highest BCUT2D eigenvalue weighted by Gasteiger charge is 2.28. The average molecular weight is 308 g/mol. The van der Waals surface area contributed by atoms with Gasteiger partial charge in [-0.15, -0.1) is 11.6 Å². The van der Waals surface area contributed by atoms with Gasteiger partial charge in [-0.25, -0.2) is 8.42 Å². The summed E-state index contributed by atoms with van der Waals surface area (Å²) in [5, 5.41) is 6.32. The first-order valence-electron chi connectivity index (χ1n) is 6.22. The minimum absolute atomic E-state index is 0.0316. The van der Waals surface area contributed by atoms with Gasteiger partial charge in [-0.05, 0) is 19.3 Å². The van der Waals surface area contributed by atoms with Crippen LogP contribution < -0.4 is 0 Å². The summed E-state index contributed by atoms with van der Waals surface area (Å²) < 4.78 is 31.6. The van der Waals surface area contributed by atoms with E-state index in [0.717, 1.165) is 19.3 Å². The van der Waals surface area contributed by atoms with Gasteiger partial charge < -0.3 is 4.74 Å². The van der Waals surface area contributed by atoms with E-state index in [-0.39, 0.29) is 17.0 Å². The summed E-state index contributed by atoms with van der Waals surface area (Å²) in [5.74, 6) is 0.110. The molecule has 1 N–H and O–H groups in total. The molecule has 0 spiro atoms. The first-order valence-corrected chi connectivity index (χ1v) is 8.19. The third-order valence-electron chi connectivity index (χ3n) is 3.23. The largest absolute Gasteiger partial charge is 0.377 e. The second-order valence-electron chi connectivity index (χ2n) is 4.63. The molecule has 1 fully saturated rings. The summed E-state index contributed by atoms with van der Waals surface area (Å²) in [5.41, 5.74) is 0.484. The average Bonchev–Trinajstić information content (AvgIpc) is 2.88. The predicted octanol–water partition coefficient (Wildman–Crippen LogP) is 1.34. The van der Waals surface area contributed by atoms with Crippen LogP contribution in [0.3, 0.4) is 0 Å². The van der Waals surface area contributed by atoms with Crippen LogP contribution in [0.25, 0.3) is 0 Å². The highest BCUT2D eigenvalue weighted by atomic mass is 35.5. The summed E-state index contributed by atoms with van der Waals surface area (Å²) in [7, 11) is -2.04. The number of H-pyrrole nitrogens is 1. The summed E-state index contributed by atoms with van der Waals surface area (Å²) in [6, 6.07) is 0. The lowest BCUT2D eigenvalue weighted by atomic mass is 10.1. The van der Waals surface area contributed by atoms with Crippen molar-refractivity contribution in [3.05, 3.63) is 11.8 Å².